The summed E-state index contributed by atoms with van der Waals surface area (Å²) >= 11 is 0. The van der Waals surface area contributed by atoms with Crippen molar-refractivity contribution in [3.8, 4) is 0 Å². The number of unbranched alkanes of at least 4 members (excludes halogenated alkanes) is 6. The summed E-state index contributed by atoms with van der Waals surface area (Å²) in [6.45, 7) is 6.51. The summed E-state index contributed by atoms with van der Waals surface area (Å²) < 4.78 is 0. The van der Waals surface area contributed by atoms with Crippen molar-refractivity contribution in [3.05, 3.63) is 23.8 Å². The monoisotopic (exact) mass is 234 g/mol. The fourth-order valence-corrected chi connectivity index (χ4v) is 2.62. The van der Waals surface area contributed by atoms with Gasteiger partial charge in [-0.05, 0) is 44.1 Å². The van der Waals surface area contributed by atoms with Crippen LogP contribution in [0, 0.1) is 0 Å². The molecule has 0 nitrogen and oxygen atoms in total. The van der Waals surface area contributed by atoms with Crippen LogP contribution in [0.25, 0.3) is 0 Å². The molecular formula is C17H30. The van der Waals surface area contributed by atoms with Gasteiger partial charge < -0.3 is 0 Å². The lowest BCUT2D eigenvalue weighted by Crippen LogP contribution is -1.86. The molecule has 98 valence electrons. The van der Waals surface area contributed by atoms with Gasteiger partial charge in [0.25, 0.3) is 0 Å². The molecule has 0 unspecified atom stereocenters. The molecule has 1 aliphatic rings. The van der Waals surface area contributed by atoms with Crippen LogP contribution in [0.4, 0.5) is 0 Å². The second kappa shape index (κ2) is 9.50. The van der Waals surface area contributed by atoms with Crippen LogP contribution in [-0.4, -0.2) is 0 Å². The first-order valence-corrected chi connectivity index (χ1v) is 7.71. The lowest BCUT2D eigenvalue weighted by Gasteiger charge is -2.06. The van der Waals surface area contributed by atoms with Gasteiger partial charge in [0.15, 0.2) is 0 Å². The SMILES string of the molecule is C=C1CCCCC/C1=C\CCCCCCCC. The first-order chi connectivity index (χ1) is 8.34. The van der Waals surface area contributed by atoms with Crippen molar-refractivity contribution in [1.29, 1.82) is 0 Å². The van der Waals surface area contributed by atoms with Crippen molar-refractivity contribution >= 4 is 0 Å². The highest BCUT2D eigenvalue weighted by molar-refractivity contribution is 5.28. The minimum absolute atomic E-state index is 1.24. The Morgan fingerprint density at radius 1 is 0.941 bits per heavy atom. The molecule has 1 fully saturated rings. The Morgan fingerprint density at radius 3 is 2.47 bits per heavy atom. The van der Waals surface area contributed by atoms with Gasteiger partial charge in [0.1, 0.15) is 0 Å². The van der Waals surface area contributed by atoms with Gasteiger partial charge in [0, 0.05) is 0 Å². The Balaban J connectivity index is 2.11. The minimum atomic E-state index is 1.24. The van der Waals surface area contributed by atoms with E-state index in [1.54, 1.807) is 5.57 Å². The molecule has 1 rings (SSSR count). The van der Waals surface area contributed by atoms with Gasteiger partial charge in [-0.3, -0.25) is 0 Å². The van der Waals surface area contributed by atoms with Crippen LogP contribution >= 0.6 is 0 Å². The Kier molecular flexibility index (Phi) is 8.13. The zero-order chi connectivity index (χ0) is 12.3. The summed E-state index contributed by atoms with van der Waals surface area (Å²) in [6.07, 6.45) is 18.8. The summed E-state index contributed by atoms with van der Waals surface area (Å²) in [7, 11) is 0. The van der Waals surface area contributed by atoms with Gasteiger partial charge in [0.05, 0.1) is 0 Å². The number of hydrogen-bond donors (Lipinski definition) is 0. The smallest absolute Gasteiger partial charge is 0.0280 e. The zero-order valence-electron chi connectivity index (χ0n) is 11.8. The summed E-state index contributed by atoms with van der Waals surface area (Å²) in [6, 6.07) is 0. The molecule has 0 radical (unpaired) electrons. The van der Waals surface area contributed by atoms with E-state index in [4.69, 9.17) is 0 Å². The van der Waals surface area contributed by atoms with E-state index in [2.05, 4.69) is 19.6 Å². The molecule has 1 aliphatic carbocycles. The molecule has 0 saturated heterocycles. The first kappa shape index (κ1) is 14.5. The predicted octanol–water partition coefficient (Wildman–Crippen LogP) is 6.18. The second-order valence-corrected chi connectivity index (χ2v) is 5.45. The highest BCUT2D eigenvalue weighted by Gasteiger charge is 2.07. The fourth-order valence-electron chi connectivity index (χ4n) is 2.62. The van der Waals surface area contributed by atoms with E-state index in [-0.39, 0.29) is 0 Å². The molecule has 0 N–H and O–H groups in total. The van der Waals surface area contributed by atoms with E-state index in [0.29, 0.717) is 0 Å². The Morgan fingerprint density at radius 2 is 1.65 bits per heavy atom. The Hall–Kier alpha value is -0.520. The molecule has 0 aliphatic heterocycles. The molecule has 0 bridgehead atoms. The largest absolute Gasteiger partial charge is 0.0956 e. The van der Waals surface area contributed by atoms with E-state index in [1.807, 2.05) is 0 Å². The molecule has 0 aromatic heterocycles. The first-order valence-electron chi connectivity index (χ1n) is 7.71. The maximum Gasteiger partial charge on any atom is -0.0280 e. The van der Waals surface area contributed by atoms with Crippen LogP contribution in [0.1, 0.15) is 84.0 Å². The number of hydrogen-bond acceptors (Lipinski definition) is 0. The van der Waals surface area contributed by atoms with Crippen LogP contribution in [0.3, 0.4) is 0 Å². The van der Waals surface area contributed by atoms with E-state index in [1.165, 1.54) is 82.6 Å². The van der Waals surface area contributed by atoms with Crippen molar-refractivity contribution in [2.24, 2.45) is 0 Å². The van der Waals surface area contributed by atoms with Crippen LogP contribution in [-0.2, 0) is 0 Å². The van der Waals surface area contributed by atoms with Gasteiger partial charge in [-0.2, -0.15) is 0 Å². The van der Waals surface area contributed by atoms with Crippen molar-refractivity contribution < 1.29 is 0 Å². The maximum atomic E-state index is 4.23. The topological polar surface area (TPSA) is 0 Å². The molecular weight excluding hydrogens is 204 g/mol. The summed E-state index contributed by atoms with van der Waals surface area (Å²) in [5, 5.41) is 0. The predicted molar refractivity (Wildman–Crippen MR) is 78.3 cm³/mol. The van der Waals surface area contributed by atoms with Gasteiger partial charge >= 0.3 is 0 Å². The highest BCUT2D eigenvalue weighted by Crippen LogP contribution is 2.26. The molecule has 0 heterocycles. The van der Waals surface area contributed by atoms with Gasteiger partial charge in [-0.1, -0.05) is 63.7 Å². The average Bonchev–Trinajstić information content (AvgIpc) is 2.53. The van der Waals surface area contributed by atoms with E-state index in [9.17, 15) is 0 Å². The standard InChI is InChI=1S/C17H30/c1-3-4-5-6-7-8-11-14-17-15-12-9-10-13-16(17)2/h14H,2-13,15H2,1H3/b17-14+. The molecule has 0 atom stereocenters. The third-order valence-corrected chi connectivity index (χ3v) is 3.83. The van der Waals surface area contributed by atoms with Gasteiger partial charge in [-0.15, -0.1) is 0 Å². The number of allylic oxidation sites excluding steroid dienone is 3. The fraction of sp³-hybridized carbons (Fsp3) is 0.765. The molecule has 0 aromatic rings. The van der Waals surface area contributed by atoms with Crippen molar-refractivity contribution in [3.63, 3.8) is 0 Å². The van der Waals surface area contributed by atoms with Gasteiger partial charge in [-0.25, -0.2) is 0 Å². The molecule has 17 heavy (non-hydrogen) atoms. The van der Waals surface area contributed by atoms with Crippen molar-refractivity contribution in [1.82, 2.24) is 0 Å². The van der Waals surface area contributed by atoms with Crippen molar-refractivity contribution in [2.75, 3.05) is 0 Å². The van der Waals surface area contributed by atoms with Crippen LogP contribution in [0.2, 0.25) is 0 Å². The zero-order valence-corrected chi connectivity index (χ0v) is 11.8. The minimum Gasteiger partial charge on any atom is -0.0956 e. The third kappa shape index (κ3) is 6.71. The second-order valence-electron chi connectivity index (χ2n) is 5.45. The summed E-state index contributed by atoms with van der Waals surface area (Å²) in [5.41, 5.74) is 3.00. The van der Waals surface area contributed by atoms with Gasteiger partial charge in [0.2, 0.25) is 0 Å². The van der Waals surface area contributed by atoms with Crippen LogP contribution < -0.4 is 0 Å². The maximum absolute atomic E-state index is 4.23. The van der Waals surface area contributed by atoms with Crippen LogP contribution in [0.5, 0.6) is 0 Å². The normalized spacial score (nSPS) is 19.6. The molecule has 1 saturated carbocycles. The molecule has 0 spiro atoms. The Labute approximate surface area is 108 Å². The Bertz CT molecular complexity index is 234. The summed E-state index contributed by atoms with van der Waals surface area (Å²) in [5.74, 6) is 0. The number of rotatable bonds is 7. The average molecular weight is 234 g/mol. The van der Waals surface area contributed by atoms with Crippen LogP contribution in [0.15, 0.2) is 23.8 Å². The lowest BCUT2D eigenvalue weighted by molar-refractivity contribution is 0.610. The van der Waals surface area contributed by atoms with E-state index >= 15 is 0 Å². The lowest BCUT2D eigenvalue weighted by atomic mass is 10.0. The molecule has 0 heteroatoms. The van der Waals surface area contributed by atoms with E-state index < -0.39 is 0 Å². The van der Waals surface area contributed by atoms with E-state index in [0.717, 1.165) is 0 Å². The molecule has 0 amide bonds. The summed E-state index contributed by atoms with van der Waals surface area (Å²) in [4.78, 5) is 0. The van der Waals surface area contributed by atoms with Crippen molar-refractivity contribution in [2.45, 2.75) is 84.0 Å². The quantitative estimate of drug-likeness (QED) is 0.364. The molecule has 0 aromatic carbocycles. The third-order valence-electron chi connectivity index (χ3n) is 3.83. The highest BCUT2D eigenvalue weighted by atomic mass is 14.1.